The second-order valence-corrected chi connectivity index (χ2v) is 10.4. The summed E-state index contributed by atoms with van der Waals surface area (Å²) in [7, 11) is 0. The van der Waals surface area contributed by atoms with Crippen molar-refractivity contribution in [1.29, 1.82) is 0 Å². The van der Waals surface area contributed by atoms with E-state index < -0.39 is 47.5 Å². The lowest BCUT2D eigenvalue weighted by Gasteiger charge is -2.49. The zero-order valence-corrected chi connectivity index (χ0v) is 20.7. The topological polar surface area (TPSA) is 158 Å². The van der Waals surface area contributed by atoms with Gasteiger partial charge in [-0.2, -0.15) is 0 Å². The molecule has 0 aromatic carbocycles. The minimum Gasteiger partial charge on any atom is -0.477 e. The number of anilines is 1. The summed E-state index contributed by atoms with van der Waals surface area (Å²) in [5, 5.41) is 25.4. The maximum absolute atomic E-state index is 13.0. The van der Waals surface area contributed by atoms with Gasteiger partial charge in [0.25, 0.3) is 11.8 Å². The van der Waals surface area contributed by atoms with Crippen molar-refractivity contribution in [1.82, 2.24) is 15.2 Å². The minimum atomic E-state index is -1.30. The standard InChI is InChI=1S/C21H26N4O7S2/c1-5-6-11(12-9-34-19(22-12)24-20(31)32-21(2,3)4)15(27)23-13-16(28)25-14(18(29)30)10(7-26)8-33-17(13)25/h6,9,13,17,26H,5,7-8H2,1-4H3,(H,23,27)(H,29,30)(H,22,24,31)/b11-6+/t13-,17?/m1/s1. The van der Waals surface area contributed by atoms with Crippen molar-refractivity contribution in [2.45, 2.75) is 51.1 Å². The third-order valence-corrected chi connectivity index (χ3v) is 6.87. The first-order valence-electron chi connectivity index (χ1n) is 10.4. The summed E-state index contributed by atoms with van der Waals surface area (Å²) in [4.78, 5) is 54.7. The van der Waals surface area contributed by atoms with Gasteiger partial charge in [0.15, 0.2) is 5.13 Å². The van der Waals surface area contributed by atoms with Crippen LogP contribution >= 0.6 is 23.1 Å². The van der Waals surface area contributed by atoms with Gasteiger partial charge in [0.05, 0.1) is 17.9 Å². The van der Waals surface area contributed by atoms with Crippen LogP contribution in [0.4, 0.5) is 9.93 Å². The molecule has 13 heteroatoms. The van der Waals surface area contributed by atoms with Crippen molar-refractivity contribution in [2.75, 3.05) is 17.7 Å². The second-order valence-electron chi connectivity index (χ2n) is 8.47. The molecule has 0 radical (unpaired) electrons. The maximum atomic E-state index is 13.0. The molecular weight excluding hydrogens is 484 g/mol. The molecule has 34 heavy (non-hydrogen) atoms. The van der Waals surface area contributed by atoms with Crippen LogP contribution in [-0.4, -0.2) is 73.4 Å². The number of aliphatic hydroxyl groups excluding tert-OH is 1. The van der Waals surface area contributed by atoms with E-state index in [0.29, 0.717) is 12.1 Å². The predicted molar refractivity (Wildman–Crippen MR) is 127 cm³/mol. The van der Waals surface area contributed by atoms with Crippen LogP contribution in [0, 0.1) is 0 Å². The molecule has 1 aromatic rings. The highest BCUT2D eigenvalue weighted by atomic mass is 32.2. The van der Waals surface area contributed by atoms with Gasteiger partial charge in [0.2, 0.25) is 0 Å². The molecular formula is C21H26N4O7S2. The van der Waals surface area contributed by atoms with E-state index in [-0.39, 0.29) is 27.7 Å². The van der Waals surface area contributed by atoms with Crippen molar-refractivity contribution >= 4 is 57.7 Å². The van der Waals surface area contributed by atoms with E-state index in [1.807, 2.05) is 6.92 Å². The normalized spacial score (nSPS) is 20.4. The summed E-state index contributed by atoms with van der Waals surface area (Å²) in [6.45, 7) is 6.58. The van der Waals surface area contributed by atoms with E-state index in [9.17, 15) is 29.4 Å². The number of hydrogen-bond acceptors (Lipinski definition) is 9. The van der Waals surface area contributed by atoms with Crippen LogP contribution in [0.1, 0.15) is 39.8 Å². The number of amides is 3. The highest BCUT2D eigenvalue weighted by Crippen LogP contribution is 2.40. The number of β-lactam (4-membered cyclic amide) rings is 1. The Kier molecular flexibility index (Phi) is 7.68. The number of hydrogen-bond donors (Lipinski definition) is 4. The fourth-order valence-corrected chi connectivity index (χ4v) is 5.42. The second kappa shape index (κ2) is 10.2. The third kappa shape index (κ3) is 5.42. The number of nitrogens with one attached hydrogen (secondary N) is 2. The molecule has 0 aliphatic carbocycles. The van der Waals surface area contributed by atoms with Gasteiger partial charge < -0.3 is 20.3 Å². The number of aromatic nitrogens is 1. The SMILES string of the molecule is CC/C=C(/C(=O)N[C@@H]1C(=O)N2C(C(=O)O)=C(CO)CSC12)c1csc(NC(=O)OC(C)(C)C)n1. The van der Waals surface area contributed by atoms with Crippen LogP contribution < -0.4 is 10.6 Å². The molecule has 4 N–H and O–H groups in total. The monoisotopic (exact) mass is 510 g/mol. The number of carbonyl (C=O) groups excluding carboxylic acids is 3. The Labute approximate surface area is 204 Å². The van der Waals surface area contributed by atoms with Gasteiger partial charge in [-0.1, -0.05) is 13.0 Å². The number of carboxylic acids is 1. The molecule has 0 saturated carbocycles. The number of carboxylic acid groups (broad SMARTS) is 1. The lowest BCUT2D eigenvalue weighted by molar-refractivity contribution is -0.150. The van der Waals surface area contributed by atoms with Gasteiger partial charge in [-0.05, 0) is 32.8 Å². The summed E-state index contributed by atoms with van der Waals surface area (Å²) in [6, 6.07) is -0.912. The molecule has 2 atom stereocenters. The van der Waals surface area contributed by atoms with Crippen LogP contribution in [0.5, 0.6) is 0 Å². The summed E-state index contributed by atoms with van der Waals surface area (Å²) >= 11 is 2.39. The quantitative estimate of drug-likeness (QED) is 0.318. The molecule has 184 valence electrons. The zero-order valence-electron chi connectivity index (χ0n) is 19.1. The predicted octanol–water partition coefficient (Wildman–Crippen LogP) is 2.01. The molecule has 2 aliphatic rings. The van der Waals surface area contributed by atoms with Gasteiger partial charge in [0.1, 0.15) is 22.7 Å². The fourth-order valence-electron chi connectivity index (χ4n) is 3.39. The largest absolute Gasteiger partial charge is 0.477 e. The van der Waals surface area contributed by atoms with Crippen molar-refractivity contribution in [3.63, 3.8) is 0 Å². The molecule has 0 bridgehead atoms. The Balaban J connectivity index is 1.72. The number of allylic oxidation sites excluding steroid dienone is 1. The fraction of sp³-hybridized carbons (Fsp3) is 0.476. The van der Waals surface area contributed by atoms with Crippen molar-refractivity contribution < 1.29 is 34.1 Å². The summed E-state index contributed by atoms with van der Waals surface area (Å²) in [6.07, 6.45) is 1.50. The van der Waals surface area contributed by atoms with E-state index in [1.54, 1.807) is 32.2 Å². The molecule has 3 rings (SSSR count). The van der Waals surface area contributed by atoms with E-state index in [4.69, 9.17) is 4.74 Å². The molecule has 3 heterocycles. The lowest BCUT2D eigenvalue weighted by atomic mass is 10.0. The molecule has 0 spiro atoms. The maximum Gasteiger partial charge on any atom is 0.413 e. The first-order valence-corrected chi connectivity index (χ1v) is 12.4. The Hall–Kier alpha value is -2.90. The molecule has 1 saturated heterocycles. The first kappa shape index (κ1) is 25.7. The number of ether oxygens (including phenoxy) is 1. The van der Waals surface area contributed by atoms with Gasteiger partial charge >= 0.3 is 12.1 Å². The van der Waals surface area contributed by atoms with Crippen molar-refractivity contribution in [3.8, 4) is 0 Å². The number of thiazole rings is 1. The van der Waals surface area contributed by atoms with Crippen molar-refractivity contribution in [3.05, 3.63) is 28.4 Å². The number of thioether (sulfide) groups is 1. The van der Waals surface area contributed by atoms with E-state index >= 15 is 0 Å². The molecule has 1 aromatic heterocycles. The van der Waals surface area contributed by atoms with Gasteiger partial charge in [-0.15, -0.1) is 23.1 Å². The van der Waals surface area contributed by atoms with E-state index in [2.05, 4.69) is 15.6 Å². The highest BCUT2D eigenvalue weighted by molar-refractivity contribution is 8.00. The molecule has 11 nitrogen and oxygen atoms in total. The van der Waals surface area contributed by atoms with E-state index in [1.165, 1.54) is 11.8 Å². The Morgan fingerprint density at radius 1 is 1.35 bits per heavy atom. The Bertz CT molecular complexity index is 1070. The Morgan fingerprint density at radius 2 is 2.06 bits per heavy atom. The Morgan fingerprint density at radius 3 is 2.65 bits per heavy atom. The molecule has 3 amide bonds. The van der Waals surface area contributed by atoms with Crippen LogP contribution in [0.3, 0.4) is 0 Å². The summed E-state index contributed by atoms with van der Waals surface area (Å²) < 4.78 is 5.20. The van der Waals surface area contributed by atoms with Gasteiger partial charge in [0, 0.05) is 11.1 Å². The summed E-state index contributed by atoms with van der Waals surface area (Å²) in [5.74, 6) is -2.16. The third-order valence-electron chi connectivity index (χ3n) is 4.77. The average molecular weight is 511 g/mol. The molecule has 2 aliphatic heterocycles. The molecule has 1 fully saturated rings. The number of rotatable bonds is 7. The smallest absolute Gasteiger partial charge is 0.413 e. The highest BCUT2D eigenvalue weighted by Gasteiger charge is 2.54. The van der Waals surface area contributed by atoms with Gasteiger partial charge in [-0.3, -0.25) is 19.8 Å². The number of carbonyl (C=O) groups is 4. The number of aliphatic hydroxyl groups is 1. The van der Waals surface area contributed by atoms with Crippen LogP contribution in [0.25, 0.3) is 5.57 Å². The van der Waals surface area contributed by atoms with Crippen LogP contribution in [-0.2, 0) is 19.1 Å². The van der Waals surface area contributed by atoms with E-state index in [0.717, 1.165) is 16.2 Å². The average Bonchev–Trinajstić information content (AvgIpc) is 3.20. The van der Waals surface area contributed by atoms with Crippen LogP contribution in [0.2, 0.25) is 0 Å². The molecule has 1 unspecified atom stereocenters. The van der Waals surface area contributed by atoms with Crippen molar-refractivity contribution in [2.24, 2.45) is 0 Å². The number of fused-ring (bicyclic) bond motifs is 1. The first-order chi connectivity index (χ1) is 16.0. The summed E-state index contributed by atoms with van der Waals surface area (Å²) in [5.41, 5.74) is -0.0999. The van der Waals surface area contributed by atoms with Crippen LogP contribution in [0.15, 0.2) is 22.7 Å². The van der Waals surface area contributed by atoms with Gasteiger partial charge in [-0.25, -0.2) is 14.6 Å². The number of nitrogens with zero attached hydrogens (tertiary/aromatic N) is 2. The minimum absolute atomic E-state index is 0.230. The lowest BCUT2D eigenvalue weighted by Crippen LogP contribution is -2.70. The number of aliphatic carboxylic acids is 1. The zero-order chi connectivity index (χ0) is 25.2.